The maximum absolute atomic E-state index is 6.47. The van der Waals surface area contributed by atoms with Crippen molar-refractivity contribution >= 4 is 44.1 Å². The highest BCUT2D eigenvalue weighted by atomic mass is 79.9. The first-order valence-corrected chi connectivity index (χ1v) is 10.5. The Morgan fingerprint density at radius 3 is 2.37 bits per heavy atom. The smallest absolute Gasteiger partial charge is 0.262 e. The Balaban J connectivity index is 0.00000218. The van der Waals surface area contributed by atoms with Gasteiger partial charge in [-0.15, -0.1) is 0 Å². The largest absolute Gasteiger partial charge is 1.00 e. The summed E-state index contributed by atoms with van der Waals surface area (Å²) < 4.78 is 3.56. The molecule has 0 fully saturated rings. The van der Waals surface area contributed by atoms with Crippen LogP contribution in [-0.4, -0.2) is 0 Å². The quantitative estimate of drug-likeness (QED) is 0.315. The average molecular weight is 473 g/mol. The lowest BCUT2D eigenvalue weighted by atomic mass is 10.0. The van der Waals surface area contributed by atoms with Crippen LogP contribution in [0.25, 0.3) is 38.2 Å². The summed E-state index contributed by atoms with van der Waals surface area (Å²) in [6, 6.07) is 29.7. The number of anilines is 1. The normalized spacial score (nSPS) is 10.8. The SMILES string of the molecule is C=Cc1sc2ccc(N)c(-c3ccccc3)c2[n+]1Cc1ccc2ccccc2c1.[Br-]. The minimum absolute atomic E-state index is 0. The van der Waals surface area contributed by atoms with Gasteiger partial charge in [0, 0.05) is 17.3 Å². The lowest BCUT2D eigenvalue weighted by Gasteiger charge is -2.07. The minimum atomic E-state index is 0. The van der Waals surface area contributed by atoms with Crippen LogP contribution in [0, 0.1) is 0 Å². The van der Waals surface area contributed by atoms with Crippen molar-refractivity contribution in [2.24, 2.45) is 0 Å². The molecule has 0 radical (unpaired) electrons. The molecule has 0 aliphatic heterocycles. The van der Waals surface area contributed by atoms with Gasteiger partial charge in [-0.05, 0) is 34.5 Å². The topological polar surface area (TPSA) is 29.9 Å². The average Bonchev–Trinajstić information content (AvgIpc) is 3.11. The number of nitrogens with two attached hydrogens (primary N) is 1. The summed E-state index contributed by atoms with van der Waals surface area (Å²) >= 11 is 1.75. The van der Waals surface area contributed by atoms with Crippen LogP contribution in [-0.2, 0) is 6.54 Å². The van der Waals surface area contributed by atoms with Crippen LogP contribution in [0.2, 0.25) is 0 Å². The van der Waals surface area contributed by atoms with Crippen molar-refractivity contribution in [3.05, 3.63) is 102 Å². The first kappa shape index (κ1) is 20.3. The number of thiazole rings is 1. The fraction of sp³-hybridized carbons (Fsp3) is 0.0385. The third-order valence-electron chi connectivity index (χ3n) is 5.32. The predicted molar refractivity (Wildman–Crippen MR) is 125 cm³/mol. The lowest BCUT2D eigenvalue weighted by Crippen LogP contribution is -3.00. The third kappa shape index (κ3) is 3.53. The molecule has 0 spiro atoms. The van der Waals surface area contributed by atoms with Crippen LogP contribution >= 0.6 is 11.3 Å². The highest BCUT2D eigenvalue weighted by Gasteiger charge is 2.24. The summed E-state index contributed by atoms with van der Waals surface area (Å²) in [5.41, 5.74) is 11.9. The molecule has 2 N–H and O–H groups in total. The zero-order chi connectivity index (χ0) is 19.8. The highest BCUT2D eigenvalue weighted by Crippen LogP contribution is 2.35. The molecule has 4 heteroatoms. The molecule has 5 aromatic rings. The van der Waals surface area contributed by atoms with E-state index in [0.29, 0.717) is 0 Å². The van der Waals surface area contributed by atoms with Crippen molar-refractivity contribution in [1.29, 1.82) is 0 Å². The first-order chi connectivity index (χ1) is 14.2. The van der Waals surface area contributed by atoms with E-state index in [-0.39, 0.29) is 17.0 Å². The molecular weight excluding hydrogens is 452 g/mol. The van der Waals surface area contributed by atoms with E-state index in [2.05, 4.69) is 83.9 Å². The van der Waals surface area contributed by atoms with Crippen LogP contribution in [0.5, 0.6) is 0 Å². The number of halogens is 1. The molecule has 0 atom stereocenters. The fourth-order valence-electron chi connectivity index (χ4n) is 3.95. The molecule has 2 nitrogen and oxygen atoms in total. The Labute approximate surface area is 190 Å². The van der Waals surface area contributed by atoms with E-state index in [9.17, 15) is 0 Å². The van der Waals surface area contributed by atoms with Gasteiger partial charge in [0.25, 0.3) is 5.01 Å². The molecule has 0 saturated carbocycles. The second-order valence-corrected chi connectivity index (χ2v) is 8.22. The van der Waals surface area contributed by atoms with E-state index in [4.69, 9.17) is 5.73 Å². The van der Waals surface area contributed by atoms with Gasteiger partial charge in [-0.3, -0.25) is 0 Å². The number of benzene rings is 4. The van der Waals surface area contributed by atoms with Crippen molar-refractivity contribution in [3.63, 3.8) is 0 Å². The summed E-state index contributed by atoms with van der Waals surface area (Å²) in [5, 5.41) is 3.65. The van der Waals surface area contributed by atoms with E-state index in [0.717, 1.165) is 28.4 Å². The molecule has 1 aromatic heterocycles. The van der Waals surface area contributed by atoms with Gasteiger partial charge in [-0.2, -0.15) is 4.57 Å². The molecule has 0 saturated heterocycles. The molecule has 30 heavy (non-hydrogen) atoms. The molecule has 0 aliphatic rings. The first-order valence-electron chi connectivity index (χ1n) is 9.65. The maximum atomic E-state index is 6.47. The molecule has 148 valence electrons. The number of hydrogen-bond acceptors (Lipinski definition) is 2. The number of hydrogen-bond donors (Lipinski definition) is 1. The van der Waals surface area contributed by atoms with Gasteiger partial charge in [0.05, 0.1) is 5.56 Å². The summed E-state index contributed by atoms with van der Waals surface area (Å²) in [5.74, 6) is 0. The van der Waals surface area contributed by atoms with Crippen LogP contribution in [0.1, 0.15) is 10.6 Å². The Bertz CT molecular complexity index is 1360. The van der Waals surface area contributed by atoms with Gasteiger partial charge in [-0.25, -0.2) is 0 Å². The van der Waals surface area contributed by atoms with Gasteiger partial charge in [0.15, 0.2) is 6.54 Å². The molecule has 1 heterocycles. The van der Waals surface area contributed by atoms with Crippen molar-refractivity contribution < 1.29 is 21.5 Å². The van der Waals surface area contributed by atoms with Gasteiger partial charge >= 0.3 is 0 Å². The number of fused-ring (bicyclic) bond motifs is 2. The fourth-order valence-corrected chi connectivity index (χ4v) is 4.97. The van der Waals surface area contributed by atoms with Crippen molar-refractivity contribution in [3.8, 4) is 11.1 Å². The van der Waals surface area contributed by atoms with Crippen LogP contribution in [0.3, 0.4) is 0 Å². The summed E-state index contributed by atoms with van der Waals surface area (Å²) in [7, 11) is 0. The second-order valence-electron chi connectivity index (χ2n) is 7.15. The van der Waals surface area contributed by atoms with Gasteiger partial charge in [0.1, 0.15) is 4.70 Å². The Hall–Kier alpha value is -2.95. The molecule has 0 amide bonds. The van der Waals surface area contributed by atoms with E-state index in [1.807, 2.05) is 18.2 Å². The molecule has 4 aromatic carbocycles. The standard InChI is InChI=1S/C26H21N2S.BrH/c1-2-24-28(17-18-12-13-19-8-6-7-11-21(19)16-18)26-23(29-24)15-14-22(27)25(26)20-9-4-3-5-10-20;/h2-16H,1,17,27H2;1H/q+1;/p-1. The van der Waals surface area contributed by atoms with E-state index < -0.39 is 0 Å². The van der Waals surface area contributed by atoms with Gasteiger partial charge < -0.3 is 22.7 Å². The summed E-state index contributed by atoms with van der Waals surface area (Å²) in [6.45, 7) is 4.83. The molecule has 0 unspecified atom stereocenters. The third-order valence-corrected chi connectivity index (χ3v) is 6.46. The highest BCUT2D eigenvalue weighted by molar-refractivity contribution is 7.19. The summed E-state index contributed by atoms with van der Waals surface area (Å²) in [6.07, 6.45) is 1.94. The number of aromatic nitrogens is 1. The monoisotopic (exact) mass is 472 g/mol. The lowest BCUT2D eigenvalue weighted by molar-refractivity contribution is -0.659. The Morgan fingerprint density at radius 1 is 0.867 bits per heavy atom. The van der Waals surface area contributed by atoms with E-state index in [1.165, 1.54) is 26.6 Å². The Morgan fingerprint density at radius 2 is 1.60 bits per heavy atom. The van der Waals surface area contributed by atoms with Gasteiger partial charge in [0.2, 0.25) is 5.52 Å². The molecule has 0 bridgehead atoms. The predicted octanol–water partition coefficient (Wildman–Crippen LogP) is 3.29. The zero-order valence-electron chi connectivity index (χ0n) is 16.4. The molecule has 0 aliphatic carbocycles. The zero-order valence-corrected chi connectivity index (χ0v) is 18.8. The van der Waals surface area contributed by atoms with Gasteiger partial charge in [-0.1, -0.05) is 84.6 Å². The van der Waals surface area contributed by atoms with Crippen molar-refractivity contribution in [2.75, 3.05) is 5.73 Å². The number of rotatable bonds is 4. The molecular formula is C26H21BrN2S. The Kier molecular flexibility index (Phi) is 5.71. The number of nitrogen functional groups attached to an aromatic ring is 1. The summed E-state index contributed by atoms with van der Waals surface area (Å²) in [4.78, 5) is 0. The molecule has 5 rings (SSSR count). The van der Waals surface area contributed by atoms with Crippen LogP contribution in [0.4, 0.5) is 5.69 Å². The number of nitrogens with zero attached hydrogens (tertiary/aromatic N) is 1. The van der Waals surface area contributed by atoms with Crippen LogP contribution in [0.15, 0.2) is 91.5 Å². The maximum Gasteiger partial charge on any atom is 0.262 e. The minimum Gasteiger partial charge on any atom is -1.00 e. The second kappa shape index (κ2) is 8.42. The van der Waals surface area contributed by atoms with Crippen LogP contribution < -0.4 is 27.3 Å². The van der Waals surface area contributed by atoms with Crippen molar-refractivity contribution in [2.45, 2.75) is 6.54 Å². The van der Waals surface area contributed by atoms with Crippen molar-refractivity contribution in [1.82, 2.24) is 0 Å². The van der Waals surface area contributed by atoms with E-state index >= 15 is 0 Å². The van der Waals surface area contributed by atoms with E-state index in [1.54, 1.807) is 11.3 Å².